The van der Waals surface area contributed by atoms with Gasteiger partial charge in [0.25, 0.3) is 0 Å². The van der Waals surface area contributed by atoms with Gasteiger partial charge in [-0.05, 0) is 76.2 Å². The van der Waals surface area contributed by atoms with Gasteiger partial charge in [0.05, 0.1) is 6.04 Å². The lowest BCUT2D eigenvalue weighted by atomic mass is 9.80. The molecular formula is C20H34Cl2N2O. The quantitative estimate of drug-likeness (QED) is 0.675. The molecule has 144 valence electrons. The summed E-state index contributed by atoms with van der Waals surface area (Å²) in [5.74, 6) is 1.47. The predicted octanol–water partition coefficient (Wildman–Crippen LogP) is 4.60. The first-order valence-corrected chi connectivity index (χ1v) is 11.3. The van der Waals surface area contributed by atoms with Gasteiger partial charge in [0, 0.05) is 16.8 Å². The smallest absolute Gasteiger partial charge is 0.237 e. The van der Waals surface area contributed by atoms with E-state index in [0.29, 0.717) is 22.7 Å². The maximum absolute atomic E-state index is 12.8. The second-order valence-electron chi connectivity index (χ2n) is 8.50. The van der Waals surface area contributed by atoms with Gasteiger partial charge in [-0.25, -0.2) is 0 Å². The lowest BCUT2D eigenvalue weighted by Crippen LogP contribution is -2.54. The van der Waals surface area contributed by atoms with Crippen LogP contribution in [0.4, 0.5) is 0 Å². The molecule has 4 atom stereocenters. The fourth-order valence-corrected chi connectivity index (χ4v) is 5.66. The van der Waals surface area contributed by atoms with Crippen LogP contribution in [0.2, 0.25) is 0 Å². The van der Waals surface area contributed by atoms with E-state index in [1.54, 1.807) is 0 Å². The van der Waals surface area contributed by atoms with Gasteiger partial charge in [0.1, 0.15) is 0 Å². The summed E-state index contributed by atoms with van der Waals surface area (Å²) in [4.78, 5) is 12.8. The molecule has 25 heavy (non-hydrogen) atoms. The van der Waals surface area contributed by atoms with Crippen LogP contribution in [0.15, 0.2) is 0 Å². The molecule has 2 saturated carbocycles. The summed E-state index contributed by atoms with van der Waals surface area (Å²) in [5, 5.41) is 7.48. The van der Waals surface area contributed by atoms with Gasteiger partial charge >= 0.3 is 0 Å². The Bertz CT molecular complexity index is 426. The molecule has 1 heterocycles. The topological polar surface area (TPSA) is 41.1 Å². The number of carbonyl (C=O) groups excluding carboxylic acids is 1. The first-order chi connectivity index (χ1) is 12.1. The molecule has 5 heteroatoms. The standard InChI is InChI=1S/C20H34Cl2N2O/c21-16-8-10-18(11-9-16)24-20(25)19-15(4-2-12-23-19)7-6-14-3-1-5-17(22)13-14/h14-19,23H,1-13H2,(H,24,25). The second kappa shape index (κ2) is 9.80. The Kier molecular flexibility index (Phi) is 7.75. The summed E-state index contributed by atoms with van der Waals surface area (Å²) in [7, 11) is 0. The van der Waals surface area contributed by atoms with E-state index in [-0.39, 0.29) is 11.9 Å². The summed E-state index contributed by atoms with van der Waals surface area (Å²) >= 11 is 12.5. The first-order valence-electron chi connectivity index (χ1n) is 10.4. The number of piperidine rings is 1. The number of amides is 1. The molecule has 0 spiro atoms. The minimum absolute atomic E-state index is 0.00198. The monoisotopic (exact) mass is 388 g/mol. The van der Waals surface area contributed by atoms with Gasteiger partial charge in [-0.3, -0.25) is 4.79 Å². The van der Waals surface area contributed by atoms with Crippen molar-refractivity contribution in [1.29, 1.82) is 0 Å². The van der Waals surface area contributed by atoms with E-state index in [0.717, 1.165) is 44.6 Å². The highest BCUT2D eigenvalue weighted by atomic mass is 35.5. The Labute approximate surface area is 163 Å². The predicted molar refractivity (Wildman–Crippen MR) is 105 cm³/mol. The van der Waals surface area contributed by atoms with Crippen molar-refractivity contribution in [2.75, 3.05) is 6.54 Å². The number of nitrogens with one attached hydrogen (secondary N) is 2. The molecule has 1 saturated heterocycles. The third-order valence-corrected chi connectivity index (χ3v) is 7.37. The fourth-order valence-electron chi connectivity index (χ4n) is 5.00. The molecule has 1 aliphatic heterocycles. The van der Waals surface area contributed by atoms with Crippen molar-refractivity contribution in [3.8, 4) is 0 Å². The molecule has 3 rings (SSSR count). The molecular weight excluding hydrogens is 355 g/mol. The zero-order valence-electron chi connectivity index (χ0n) is 15.3. The third-order valence-electron chi connectivity index (χ3n) is 6.54. The highest BCUT2D eigenvalue weighted by Gasteiger charge is 2.33. The number of hydrogen-bond donors (Lipinski definition) is 2. The lowest BCUT2D eigenvalue weighted by Gasteiger charge is -2.35. The summed E-state index contributed by atoms with van der Waals surface area (Å²) in [6.07, 6.45) is 13.8. The maximum atomic E-state index is 12.8. The molecule has 1 amide bonds. The summed E-state index contributed by atoms with van der Waals surface area (Å²) in [5.41, 5.74) is 0. The van der Waals surface area contributed by atoms with Gasteiger partial charge in [0.15, 0.2) is 0 Å². The minimum Gasteiger partial charge on any atom is -0.352 e. The SMILES string of the molecule is O=C(NC1CCC(Cl)CC1)C1NCCCC1CCC1CCCC(Cl)C1. The average Bonchev–Trinajstić information content (AvgIpc) is 2.62. The zero-order chi connectivity index (χ0) is 17.6. The summed E-state index contributed by atoms with van der Waals surface area (Å²) in [6, 6.07) is 0.320. The Morgan fingerprint density at radius 3 is 2.48 bits per heavy atom. The van der Waals surface area contributed by atoms with Crippen molar-refractivity contribution in [2.45, 2.75) is 99.9 Å². The van der Waals surface area contributed by atoms with Crippen molar-refractivity contribution in [3.63, 3.8) is 0 Å². The molecule has 0 bridgehead atoms. The van der Waals surface area contributed by atoms with E-state index >= 15 is 0 Å². The van der Waals surface area contributed by atoms with Gasteiger partial charge in [-0.1, -0.05) is 19.3 Å². The number of hydrogen-bond acceptors (Lipinski definition) is 2. The Morgan fingerprint density at radius 1 is 0.920 bits per heavy atom. The van der Waals surface area contributed by atoms with E-state index in [2.05, 4.69) is 10.6 Å². The maximum Gasteiger partial charge on any atom is 0.237 e. The van der Waals surface area contributed by atoms with Crippen LogP contribution in [0.3, 0.4) is 0 Å². The van der Waals surface area contributed by atoms with Gasteiger partial charge in [-0.2, -0.15) is 0 Å². The Morgan fingerprint density at radius 2 is 1.72 bits per heavy atom. The van der Waals surface area contributed by atoms with Crippen molar-refractivity contribution >= 4 is 29.1 Å². The molecule has 0 aromatic rings. The molecule has 3 nitrogen and oxygen atoms in total. The molecule has 0 radical (unpaired) electrons. The number of halogens is 2. The number of carbonyl (C=O) groups is 1. The van der Waals surface area contributed by atoms with Crippen LogP contribution in [0.1, 0.15) is 77.0 Å². The summed E-state index contributed by atoms with van der Waals surface area (Å²) in [6.45, 7) is 0.968. The van der Waals surface area contributed by atoms with E-state index in [1.807, 2.05) is 0 Å². The van der Waals surface area contributed by atoms with E-state index in [1.165, 1.54) is 44.9 Å². The van der Waals surface area contributed by atoms with Crippen molar-refractivity contribution in [2.24, 2.45) is 11.8 Å². The molecule has 4 unspecified atom stereocenters. The van der Waals surface area contributed by atoms with E-state index in [4.69, 9.17) is 23.2 Å². The van der Waals surface area contributed by atoms with Crippen molar-refractivity contribution in [1.82, 2.24) is 10.6 Å². The first kappa shape index (κ1) is 19.8. The lowest BCUT2D eigenvalue weighted by molar-refractivity contribution is -0.126. The third kappa shape index (κ3) is 6.01. The molecule has 0 aromatic carbocycles. The van der Waals surface area contributed by atoms with Crippen LogP contribution in [-0.2, 0) is 4.79 Å². The van der Waals surface area contributed by atoms with Crippen LogP contribution in [0.5, 0.6) is 0 Å². The fraction of sp³-hybridized carbons (Fsp3) is 0.950. The highest BCUT2D eigenvalue weighted by molar-refractivity contribution is 6.20. The Hall–Kier alpha value is 0.01000. The zero-order valence-corrected chi connectivity index (χ0v) is 16.8. The number of rotatable bonds is 5. The molecule has 0 aromatic heterocycles. The number of alkyl halides is 2. The van der Waals surface area contributed by atoms with E-state index in [9.17, 15) is 4.79 Å². The van der Waals surface area contributed by atoms with Crippen LogP contribution >= 0.6 is 23.2 Å². The van der Waals surface area contributed by atoms with Crippen LogP contribution in [0.25, 0.3) is 0 Å². The van der Waals surface area contributed by atoms with Crippen LogP contribution < -0.4 is 10.6 Å². The largest absolute Gasteiger partial charge is 0.352 e. The van der Waals surface area contributed by atoms with Gasteiger partial charge < -0.3 is 10.6 Å². The Balaban J connectivity index is 1.47. The molecule has 2 N–H and O–H groups in total. The average molecular weight is 389 g/mol. The van der Waals surface area contributed by atoms with Crippen LogP contribution in [0, 0.1) is 11.8 Å². The second-order valence-corrected chi connectivity index (χ2v) is 9.73. The normalized spacial score (nSPS) is 39.8. The van der Waals surface area contributed by atoms with Gasteiger partial charge in [0.2, 0.25) is 5.91 Å². The summed E-state index contributed by atoms with van der Waals surface area (Å²) < 4.78 is 0. The van der Waals surface area contributed by atoms with Crippen molar-refractivity contribution < 1.29 is 4.79 Å². The van der Waals surface area contributed by atoms with Crippen LogP contribution in [-0.4, -0.2) is 35.3 Å². The molecule has 3 aliphatic rings. The molecule has 3 fully saturated rings. The minimum atomic E-state index is -0.00198. The van der Waals surface area contributed by atoms with Gasteiger partial charge in [-0.15, -0.1) is 23.2 Å². The van der Waals surface area contributed by atoms with Crippen molar-refractivity contribution in [3.05, 3.63) is 0 Å². The highest BCUT2D eigenvalue weighted by Crippen LogP contribution is 2.33. The molecule has 2 aliphatic carbocycles. The van der Waals surface area contributed by atoms with E-state index < -0.39 is 0 Å².